The molecule has 0 bridgehead atoms. The van der Waals surface area contributed by atoms with Crippen LogP contribution in [0, 0.1) is 0 Å². The van der Waals surface area contributed by atoms with Gasteiger partial charge in [-0.05, 0) is 29.3 Å². The number of aliphatic imine (C=N–C) groups is 1. The Morgan fingerprint density at radius 2 is 1.79 bits per heavy atom. The molecule has 2 aromatic heterocycles. The van der Waals surface area contributed by atoms with Crippen molar-refractivity contribution < 1.29 is 8.42 Å². The van der Waals surface area contributed by atoms with E-state index in [2.05, 4.69) is 31.8 Å². The first-order chi connectivity index (χ1) is 11.1. The van der Waals surface area contributed by atoms with E-state index in [9.17, 15) is 8.42 Å². The topological polar surface area (TPSA) is 82.6 Å². The predicted octanol–water partition coefficient (Wildman–Crippen LogP) is 2.11. The predicted molar refractivity (Wildman–Crippen MR) is 112 cm³/mol. The summed E-state index contributed by atoms with van der Waals surface area (Å²) in [5.41, 5.74) is 0. The van der Waals surface area contributed by atoms with Crippen LogP contribution in [-0.2, 0) is 16.4 Å². The van der Waals surface area contributed by atoms with E-state index in [-0.39, 0.29) is 24.0 Å². The summed E-state index contributed by atoms with van der Waals surface area (Å²) in [4.78, 5) is 5.43. The molecular formula is C14H21IN4O2S3. The molecule has 134 valence electrons. The third-order valence-electron chi connectivity index (χ3n) is 2.94. The summed E-state index contributed by atoms with van der Waals surface area (Å²) in [6, 6.07) is 7.44. The summed E-state index contributed by atoms with van der Waals surface area (Å²) in [5.74, 6) is 0.664. The third-order valence-corrected chi connectivity index (χ3v) is 6.73. The molecule has 0 atom stereocenters. The van der Waals surface area contributed by atoms with E-state index in [0.717, 1.165) is 13.0 Å². The van der Waals surface area contributed by atoms with E-state index < -0.39 is 10.0 Å². The van der Waals surface area contributed by atoms with Crippen LogP contribution in [0.3, 0.4) is 0 Å². The minimum Gasteiger partial charge on any atom is -0.356 e. The highest BCUT2D eigenvalue weighted by Gasteiger charge is 2.13. The minimum atomic E-state index is -3.40. The number of hydrogen-bond donors (Lipinski definition) is 3. The van der Waals surface area contributed by atoms with Crippen molar-refractivity contribution in [1.29, 1.82) is 0 Å². The normalized spacial score (nSPS) is 11.8. The van der Waals surface area contributed by atoms with Gasteiger partial charge in [0.25, 0.3) is 0 Å². The Bertz CT molecular complexity index is 700. The Morgan fingerprint density at radius 3 is 2.42 bits per heavy atom. The van der Waals surface area contributed by atoms with E-state index in [1.165, 1.54) is 16.2 Å². The number of hydrogen-bond acceptors (Lipinski definition) is 5. The molecular weight excluding hydrogens is 479 g/mol. The Hall–Kier alpha value is -0.690. The van der Waals surface area contributed by atoms with Gasteiger partial charge in [0.1, 0.15) is 4.21 Å². The second-order valence-electron chi connectivity index (χ2n) is 4.58. The number of thiophene rings is 2. The van der Waals surface area contributed by atoms with Crippen LogP contribution in [0.4, 0.5) is 0 Å². The quantitative estimate of drug-likeness (QED) is 0.225. The summed E-state index contributed by atoms with van der Waals surface area (Å²) in [7, 11) is -1.71. The molecule has 3 N–H and O–H groups in total. The largest absolute Gasteiger partial charge is 0.356 e. The van der Waals surface area contributed by atoms with Gasteiger partial charge in [0.05, 0.1) is 0 Å². The van der Waals surface area contributed by atoms with Crippen LogP contribution < -0.4 is 15.4 Å². The average Bonchev–Trinajstić information content (AvgIpc) is 3.22. The van der Waals surface area contributed by atoms with Crippen molar-refractivity contribution in [3.63, 3.8) is 0 Å². The summed E-state index contributed by atoms with van der Waals surface area (Å²) in [6.45, 7) is 1.54. The molecule has 10 heteroatoms. The zero-order valence-electron chi connectivity index (χ0n) is 13.2. The highest BCUT2D eigenvalue weighted by molar-refractivity contribution is 14.0. The maximum Gasteiger partial charge on any atom is 0.250 e. The number of sulfonamides is 1. The van der Waals surface area contributed by atoms with Crippen molar-refractivity contribution >= 4 is 62.6 Å². The third kappa shape index (κ3) is 7.05. The van der Waals surface area contributed by atoms with Crippen LogP contribution in [0.5, 0.6) is 0 Å². The molecule has 0 spiro atoms. The lowest BCUT2D eigenvalue weighted by molar-refractivity contribution is 0.582. The molecule has 0 radical (unpaired) electrons. The zero-order chi connectivity index (χ0) is 16.5. The average molecular weight is 500 g/mol. The molecule has 0 aromatic carbocycles. The second kappa shape index (κ2) is 11.0. The molecule has 0 aliphatic carbocycles. The molecule has 0 unspecified atom stereocenters. The van der Waals surface area contributed by atoms with Crippen LogP contribution in [0.15, 0.2) is 44.2 Å². The first kappa shape index (κ1) is 21.4. The molecule has 2 heterocycles. The van der Waals surface area contributed by atoms with E-state index in [0.29, 0.717) is 23.3 Å². The Kier molecular flexibility index (Phi) is 9.81. The number of rotatable bonds is 8. The molecule has 6 nitrogen and oxygen atoms in total. The van der Waals surface area contributed by atoms with Crippen molar-refractivity contribution in [3.05, 3.63) is 39.9 Å². The maximum absolute atomic E-state index is 11.9. The molecule has 2 rings (SSSR count). The molecule has 2 aromatic rings. The van der Waals surface area contributed by atoms with Crippen LogP contribution in [-0.4, -0.2) is 41.1 Å². The second-order valence-corrected chi connectivity index (χ2v) is 8.56. The van der Waals surface area contributed by atoms with E-state index in [1.54, 1.807) is 35.9 Å². The molecule has 0 saturated heterocycles. The summed E-state index contributed by atoms with van der Waals surface area (Å²) in [5, 5.41) is 10.1. The molecule has 0 fully saturated rings. The molecule has 0 aliphatic heterocycles. The van der Waals surface area contributed by atoms with Gasteiger partial charge in [-0.2, -0.15) is 0 Å². The fourth-order valence-electron chi connectivity index (χ4n) is 1.83. The van der Waals surface area contributed by atoms with E-state index in [4.69, 9.17) is 0 Å². The van der Waals surface area contributed by atoms with Gasteiger partial charge in [-0.25, -0.2) is 13.1 Å². The van der Waals surface area contributed by atoms with Gasteiger partial charge in [0.2, 0.25) is 10.0 Å². The van der Waals surface area contributed by atoms with Gasteiger partial charge in [0.15, 0.2) is 5.96 Å². The van der Waals surface area contributed by atoms with Crippen molar-refractivity contribution in [2.75, 3.05) is 26.7 Å². The van der Waals surface area contributed by atoms with Gasteiger partial charge in [-0.3, -0.25) is 4.99 Å². The Balaban J connectivity index is 0.00000288. The monoisotopic (exact) mass is 500 g/mol. The van der Waals surface area contributed by atoms with Crippen molar-refractivity contribution in [3.8, 4) is 0 Å². The summed E-state index contributed by atoms with van der Waals surface area (Å²) in [6.07, 6.45) is 0.934. The summed E-state index contributed by atoms with van der Waals surface area (Å²) >= 11 is 2.93. The van der Waals surface area contributed by atoms with Crippen LogP contribution in [0.1, 0.15) is 4.88 Å². The first-order valence-corrected chi connectivity index (χ1v) is 10.4. The zero-order valence-corrected chi connectivity index (χ0v) is 18.0. The number of halogens is 1. The fraction of sp³-hybridized carbons (Fsp3) is 0.357. The fourth-order valence-corrected chi connectivity index (χ4v) is 4.61. The van der Waals surface area contributed by atoms with E-state index in [1.807, 2.05) is 6.07 Å². The SMILES string of the molecule is CN=C(NCCNS(=O)(=O)c1cccs1)NCCc1cccs1.I. The van der Waals surface area contributed by atoms with Gasteiger partial charge < -0.3 is 10.6 Å². The van der Waals surface area contributed by atoms with Crippen molar-refractivity contribution in [2.24, 2.45) is 4.99 Å². The number of nitrogens with one attached hydrogen (secondary N) is 3. The van der Waals surface area contributed by atoms with Gasteiger partial charge >= 0.3 is 0 Å². The minimum absolute atomic E-state index is 0. The highest BCUT2D eigenvalue weighted by atomic mass is 127. The Morgan fingerprint density at radius 1 is 1.08 bits per heavy atom. The van der Waals surface area contributed by atoms with Gasteiger partial charge in [-0.1, -0.05) is 12.1 Å². The standard InChI is InChI=1S/C14H20N4O2S3.HI/c1-15-14(16-7-6-12-4-2-10-21-12)17-8-9-18-23(19,20)13-5-3-11-22-13;/h2-5,10-11,18H,6-9H2,1H3,(H2,15,16,17);1H. The lowest BCUT2D eigenvalue weighted by atomic mass is 10.3. The maximum atomic E-state index is 11.9. The van der Waals surface area contributed by atoms with Gasteiger partial charge in [0, 0.05) is 31.6 Å². The smallest absolute Gasteiger partial charge is 0.250 e. The Labute approximate surface area is 167 Å². The van der Waals surface area contributed by atoms with Crippen LogP contribution >= 0.6 is 46.7 Å². The van der Waals surface area contributed by atoms with Crippen LogP contribution in [0.25, 0.3) is 0 Å². The lowest BCUT2D eigenvalue weighted by Gasteiger charge is -2.11. The lowest BCUT2D eigenvalue weighted by Crippen LogP contribution is -2.42. The van der Waals surface area contributed by atoms with Crippen LogP contribution in [0.2, 0.25) is 0 Å². The molecule has 0 amide bonds. The van der Waals surface area contributed by atoms with Crippen molar-refractivity contribution in [1.82, 2.24) is 15.4 Å². The molecule has 0 saturated carbocycles. The van der Waals surface area contributed by atoms with Crippen molar-refractivity contribution in [2.45, 2.75) is 10.6 Å². The highest BCUT2D eigenvalue weighted by Crippen LogP contribution is 2.14. The van der Waals surface area contributed by atoms with E-state index >= 15 is 0 Å². The number of nitrogens with zero attached hydrogens (tertiary/aromatic N) is 1. The van der Waals surface area contributed by atoms with Gasteiger partial charge in [-0.15, -0.1) is 46.7 Å². The first-order valence-electron chi connectivity index (χ1n) is 7.12. The molecule has 0 aliphatic rings. The summed E-state index contributed by atoms with van der Waals surface area (Å²) < 4.78 is 26.8. The molecule has 24 heavy (non-hydrogen) atoms. The number of guanidine groups is 1.